The van der Waals surface area contributed by atoms with E-state index in [-0.39, 0.29) is 0 Å². The average Bonchev–Trinajstić information content (AvgIpc) is 2.29. The van der Waals surface area contributed by atoms with Gasteiger partial charge in [0.2, 0.25) is 0 Å². The fourth-order valence-electron chi connectivity index (χ4n) is 1.54. The summed E-state index contributed by atoms with van der Waals surface area (Å²) in [5, 5.41) is 3.25. The van der Waals surface area contributed by atoms with Crippen molar-refractivity contribution in [1.29, 1.82) is 0 Å². The molecule has 0 aliphatic rings. The van der Waals surface area contributed by atoms with Gasteiger partial charge >= 0.3 is 0 Å². The van der Waals surface area contributed by atoms with Crippen molar-refractivity contribution in [3.05, 3.63) is 40.4 Å². The minimum Gasteiger partial charge on any atom is -0.497 e. The number of fused-ring (bicyclic) bond motifs is 1. The van der Waals surface area contributed by atoms with E-state index in [9.17, 15) is 0 Å². The van der Waals surface area contributed by atoms with Crippen LogP contribution < -0.4 is 4.74 Å². The molecular weight excluding hydrogens is 320 g/mol. The summed E-state index contributed by atoms with van der Waals surface area (Å²) in [6.07, 6.45) is 0. The predicted molar refractivity (Wildman–Crippen MR) is 70.8 cm³/mol. The van der Waals surface area contributed by atoms with Crippen LogP contribution in [0.5, 0.6) is 5.75 Å². The SMILES string of the molecule is COc1ccc2ccc(CBr)c(Br)c2c1. The quantitative estimate of drug-likeness (QED) is 0.737. The number of rotatable bonds is 2. The second-order valence-corrected chi connectivity index (χ2v) is 4.61. The first kappa shape index (κ1) is 11.0. The molecule has 0 aromatic heterocycles. The second kappa shape index (κ2) is 4.54. The molecule has 0 aliphatic heterocycles. The Bertz CT molecular complexity index is 489. The molecule has 0 saturated carbocycles. The zero-order valence-electron chi connectivity index (χ0n) is 8.26. The first-order chi connectivity index (χ1) is 7.26. The first-order valence-electron chi connectivity index (χ1n) is 4.57. The van der Waals surface area contributed by atoms with Gasteiger partial charge in [-0.15, -0.1) is 0 Å². The summed E-state index contributed by atoms with van der Waals surface area (Å²) in [6.45, 7) is 0. The summed E-state index contributed by atoms with van der Waals surface area (Å²) in [7, 11) is 1.68. The Kier molecular flexibility index (Phi) is 3.32. The van der Waals surface area contributed by atoms with Crippen LogP contribution in [-0.2, 0) is 5.33 Å². The fraction of sp³-hybridized carbons (Fsp3) is 0.167. The molecule has 0 heterocycles. The molecule has 0 saturated heterocycles. The zero-order valence-corrected chi connectivity index (χ0v) is 11.4. The van der Waals surface area contributed by atoms with Gasteiger partial charge in [-0.2, -0.15) is 0 Å². The van der Waals surface area contributed by atoms with E-state index in [0.717, 1.165) is 15.6 Å². The molecule has 2 rings (SSSR count). The van der Waals surface area contributed by atoms with Gasteiger partial charge in [-0.3, -0.25) is 0 Å². The van der Waals surface area contributed by atoms with E-state index in [1.165, 1.54) is 16.3 Å². The smallest absolute Gasteiger partial charge is 0.119 e. The lowest BCUT2D eigenvalue weighted by Crippen LogP contribution is -1.86. The Morgan fingerprint density at radius 1 is 1.20 bits per heavy atom. The molecular formula is C12H10Br2O. The topological polar surface area (TPSA) is 9.23 Å². The number of alkyl halides is 1. The number of benzene rings is 2. The molecule has 0 unspecified atom stereocenters. The lowest BCUT2D eigenvalue weighted by atomic mass is 10.1. The van der Waals surface area contributed by atoms with Crippen LogP contribution in [0.3, 0.4) is 0 Å². The lowest BCUT2D eigenvalue weighted by Gasteiger charge is -2.07. The third-order valence-corrected chi connectivity index (χ3v) is 3.93. The monoisotopic (exact) mass is 328 g/mol. The molecule has 78 valence electrons. The van der Waals surface area contributed by atoms with Gasteiger partial charge in [0, 0.05) is 9.80 Å². The minimum absolute atomic E-state index is 0.848. The maximum Gasteiger partial charge on any atom is 0.119 e. The van der Waals surface area contributed by atoms with E-state index in [2.05, 4.69) is 50.1 Å². The van der Waals surface area contributed by atoms with Gasteiger partial charge in [0.15, 0.2) is 0 Å². The summed E-state index contributed by atoms with van der Waals surface area (Å²) in [5.74, 6) is 0.884. The highest BCUT2D eigenvalue weighted by Crippen LogP contribution is 2.31. The molecule has 0 aliphatic carbocycles. The highest BCUT2D eigenvalue weighted by Gasteiger charge is 2.04. The third kappa shape index (κ3) is 2.04. The Hall–Kier alpha value is -0.540. The van der Waals surface area contributed by atoms with Crippen LogP contribution in [-0.4, -0.2) is 7.11 Å². The molecule has 0 bridgehead atoms. The number of hydrogen-bond acceptors (Lipinski definition) is 1. The molecule has 0 atom stereocenters. The van der Waals surface area contributed by atoms with Gasteiger partial charge < -0.3 is 4.74 Å². The van der Waals surface area contributed by atoms with Crippen LogP contribution in [0, 0.1) is 0 Å². The van der Waals surface area contributed by atoms with Gasteiger partial charge in [-0.1, -0.05) is 34.1 Å². The van der Waals surface area contributed by atoms with Crippen molar-refractivity contribution in [3.63, 3.8) is 0 Å². The molecule has 15 heavy (non-hydrogen) atoms. The minimum atomic E-state index is 0.848. The highest BCUT2D eigenvalue weighted by molar-refractivity contribution is 9.11. The molecule has 0 radical (unpaired) electrons. The lowest BCUT2D eigenvalue weighted by molar-refractivity contribution is 0.415. The molecule has 0 spiro atoms. The van der Waals surface area contributed by atoms with Crippen LogP contribution in [0.1, 0.15) is 5.56 Å². The van der Waals surface area contributed by atoms with Crippen molar-refractivity contribution in [3.8, 4) is 5.75 Å². The number of halogens is 2. The summed E-state index contributed by atoms with van der Waals surface area (Å²) < 4.78 is 6.35. The highest BCUT2D eigenvalue weighted by atomic mass is 79.9. The van der Waals surface area contributed by atoms with E-state index in [1.54, 1.807) is 7.11 Å². The predicted octanol–water partition coefficient (Wildman–Crippen LogP) is 4.51. The summed E-state index contributed by atoms with van der Waals surface area (Å²) in [4.78, 5) is 0. The van der Waals surface area contributed by atoms with E-state index in [1.807, 2.05) is 12.1 Å². The van der Waals surface area contributed by atoms with Crippen LogP contribution in [0.4, 0.5) is 0 Å². The Morgan fingerprint density at radius 2 is 1.93 bits per heavy atom. The van der Waals surface area contributed by atoms with Crippen LogP contribution >= 0.6 is 31.9 Å². The molecule has 0 fully saturated rings. The molecule has 0 amide bonds. The Labute approximate surface area is 106 Å². The van der Waals surface area contributed by atoms with Crippen molar-refractivity contribution >= 4 is 42.6 Å². The normalized spacial score (nSPS) is 10.6. The van der Waals surface area contributed by atoms with Crippen molar-refractivity contribution in [2.75, 3.05) is 7.11 Å². The van der Waals surface area contributed by atoms with Crippen molar-refractivity contribution in [2.45, 2.75) is 5.33 Å². The largest absolute Gasteiger partial charge is 0.497 e. The van der Waals surface area contributed by atoms with Crippen molar-refractivity contribution < 1.29 is 4.74 Å². The van der Waals surface area contributed by atoms with Crippen LogP contribution in [0.25, 0.3) is 10.8 Å². The summed E-state index contributed by atoms with van der Waals surface area (Å²) >= 11 is 7.09. The molecule has 2 aromatic rings. The van der Waals surface area contributed by atoms with Crippen LogP contribution in [0.2, 0.25) is 0 Å². The Balaban J connectivity index is 2.72. The van der Waals surface area contributed by atoms with Gasteiger partial charge in [-0.25, -0.2) is 0 Å². The van der Waals surface area contributed by atoms with Crippen molar-refractivity contribution in [1.82, 2.24) is 0 Å². The van der Waals surface area contributed by atoms with Gasteiger partial charge in [0.1, 0.15) is 5.75 Å². The number of ether oxygens (including phenoxy) is 1. The molecule has 2 aromatic carbocycles. The summed E-state index contributed by atoms with van der Waals surface area (Å²) in [6, 6.07) is 10.3. The van der Waals surface area contributed by atoms with Gasteiger partial charge in [-0.05, 0) is 44.4 Å². The van der Waals surface area contributed by atoms with Crippen molar-refractivity contribution in [2.24, 2.45) is 0 Å². The summed E-state index contributed by atoms with van der Waals surface area (Å²) in [5.41, 5.74) is 1.25. The van der Waals surface area contributed by atoms with E-state index >= 15 is 0 Å². The zero-order chi connectivity index (χ0) is 10.8. The fourth-order valence-corrected chi connectivity index (χ4v) is 3.00. The first-order valence-corrected chi connectivity index (χ1v) is 6.49. The molecule has 1 nitrogen and oxygen atoms in total. The van der Waals surface area contributed by atoms with Gasteiger partial charge in [0.05, 0.1) is 7.11 Å². The average molecular weight is 330 g/mol. The van der Waals surface area contributed by atoms with Crippen LogP contribution in [0.15, 0.2) is 34.8 Å². The van der Waals surface area contributed by atoms with Gasteiger partial charge in [0.25, 0.3) is 0 Å². The number of hydrogen-bond donors (Lipinski definition) is 0. The standard InChI is InChI=1S/C12H10Br2O/c1-15-10-5-4-8-2-3-9(7-13)12(14)11(8)6-10/h2-6H,7H2,1H3. The number of methoxy groups -OCH3 is 1. The van der Waals surface area contributed by atoms with E-state index < -0.39 is 0 Å². The molecule has 0 N–H and O–H groups in total. The second-order valence-electron chi connectivity index (χ2n) is 3.26. The maximum absolute atomic E-state index is 5.22. The Morgan fingerprint density at radius 3 is 2.60 bits per heavy atom. The molecule has 3 heteroatoms. The maximum atomic E-state index is 5.22. The van der Waals surface area contributed by atoms with E-state index in [4.69, 9.17) is 4.74 Å². The van der Waals surface area contributed by atoms with E-state index in [0.29, 0.717) is 0 Å². The third-order valence-electron chi connectivity index (χ3n) is 2.39.